The van der Waals surface area contributed by atoms with Gasteiger partial charge in [-0.3, -0.25) is 4.79 Å². The number of rotatable bonds is 6. The molecular weight excluding hydrogens is 358 g/mol. The van der Waals surface area contributed by atoms with Crippen molar-refractivity contribution in [2.45, 2.75) is 0 Å². The number of aromatic nitrogens is 3. The number of amides is 1. The Kier molecular flexibility index (Phi) is 4.83. The molecule has 0 saturated heterocycles. The van der Waals surface area contributed by atoms with Crippen LogP contribution in [-0.4, -0.2) is 33.5 Å². The van der Waals surface area contributed by atoms with Crippen molar-refractivity contribution in [3.05, 3.63) is 83.2 Å². The van der Waals surface area contributed by atoms with Gasteiger partial charge in [-0.05, 0) is 24.3 Å². The summed E-state index contributed by atoms with van der Waals surface area (Å²) in [6.45, 7) is 0.751. The molecule has 8 heteroatoms. The molecule has 0 bridgehead atoms. The molecule has 0 fully saturated rings. The van der Waals surface area contributed by atoms with Crippen LogP contribution in [0.3, 0.4) is 0 Å². The smallest absolute Gasteiger partial charge is 0.349 e. The van der Waals surface area contributed by atoms with Crippen LogP contribution in [0, 0.1) is 0 Å². The van der Waals surface area contributed by atoms with Crippen molar-refractivity contribution in [2.24, 2.45) is 0 Å². The topological polar surface area (TPSA) is 102 Å². The van der Waals surface area contributed by atoms with E-state index in [9.17, 15) is 9.59 Å². The quantitative estimate of drug-likeness (QED) is 0.396. The number of fused-ring (bicyclic) bond motifs is 1. The van der Waals surface area contributed by atoms with Gasteiger partial charge in [-0.25, -0.2) is 14.8 Å². The fourth-order valence-electron chi connectivity index (χ4n) is 2.75. The van der Waals surface area contributed by atoms with Gasteiger partial charge in [-0.2, -0.15) is 0 Å². The van der Waals surface area contributed by atoms with Crippen molar-refractivity contribution in [3.8, 4) is 5.82 Å². The Morgan fingerprint density at radius 3 is 2.71 bits per heavy atom. The molecule has 0 spiro atoms. The Labute approximate surface area is 159 Å². The molecule has 3 heterocycles. The van der Waals surface area contributed by atoms with Crippen LogP contribution in [0.4, 0.5) is 5.82 Å². The maximum Gasteiger partial charge on any atom is 0.349 e. The van der Waals surface area contributed by atoms with Crippen LogP contribution in [0.25, 0.3) is 16.8 Å². The summed E-state index contributed by atoms with van der Waals surface area (Å²) in [4.78, 5) is 32.7. The fraction of sp³-hybridized carbons (Fsp3) is 0.100. The minimum atomic E-state index is -0.656. The third-order valence-corrected chi connectivity index (χ3v) is 4.12. The number of hydrogen-bond acceptors (Lipinski definition) is 6. The van der Waals surface area contributed by atoms with E-state index in [1.165, 1.54) is 12.4 Å². The predicted molar refractivity (Wildman–Crippen MR) is 105 cm³/mol. The van der Waals surface area contributed by atoms with Crippen LogP contribution in [0.2, 0.25) is 0 Å². The number of hydrogen-bond donors (Lipinski definition) is 2. The zero-order valence-corrected chi connectivity index (χ0v) is 14.8. The summed E-state index contributed by atoms with van der Waals surface area (Å²) < 4.78 is 7.06. The molecule has 28 heavy (non-hydrogen) atoms. The number of carbonyl (C=O) groups is 1. The zero-order chi connectivity index (χ0) is 19.3. The first-order valence-corrected chi connectivity index (χ1v) is 8.71. The summed E-state index contributed by atoms with van der Waals surface area (Å²) in [5, 5.41) is 6.52. The first kappa shape index (κ1) is 17.5. The second-order valence-electron chi connectivity index (χ2n) is 6.02. The van der Waals surface area contributed by atoms with Crippen LogP contribution in [0.1, 0.15) is 10.4 Å². The first-order chi connectivity index (χ1) is 13.7. The number of carbonyl (C=O) groups excluding carboxylic acids is 1. The molecule has 0 aliphatic heterocycles. The van der Waals surface area contributed by atoms with Gasteiger partial charge in [0.05, 0.1) is 0 Å². The molecule has 1 amide bonds. The van der Waals surface area contributed by atoms with E-state index >= 15 is 0 Å². The van der Waals surface area contributed by atoms with Gasteiger partial charge in [0.25, 0.3) is 5.91 Å². The SMILES string of the molecule is O=C(NCCNc1cc(-n2cccc2)ncn1)c1cc2ccccc2oc1=O. The molecule has 0 aliphatic carbocycles. The molecule has 0 atom stereocenters. The highest BCUT2D eigenvalue weighted by Gasteiger charge is 2.13. The van der Waals surface area contributed by atoms with Gasteiger partial charge in [0, 0.05) is 36.9 Å². The molecule has 0 unspecified atom stereocenters. The Morgan fingerprint density at radius 1 is 1.04 bits per heavy atom. The molecule has 0 radical (unpaired) electrons. The molecule has 4 rings (SSSR count). The Hall–Kier alpha value is -3.94. The van der Waals surface area contributed by atoms with Crippen molar-refractivity contribution in [3.63, 3.8) is 0 Å². The molecule has 0 saturated carbocycles. The molecule has 140 valence electrons. The minimum absolute atomic E-state index is 0.0179. The summed E-state index contributed by atoms with van der Waals surface area (Å²) in [6, 6.07) is 14.2. The molecule has 0 aliphatic rings. The van der Waals surface area contributed by atoms with E-state index in [1.807, 2.05) is 35.2 Å². The third-order valence-electron chi connectivity index (χ3n) is 4.12. The summed E-state index contributed by atoms with van der Waals surface area (Å²) in [5.74, 6) is 0.899. The highest BCUT2D eigenvalue weighted by Crippen LogP contribution is 2.12. The van der Waals surface area contributed by atoms with Gasteiger partial charge in [0.1, 0.15) is 29.1 Å². The van der Waals surface area contributed by atoms with Gasteiger partial charge in [-0.1, -0.05) is 18.2 Å². The first-order valence-electron chi connectivity index (χ1n) is 8.71. The second-order valence-corrected chi connectivity index (χ2v) is 6.02. The standard InChI is InChI=1S/C20H17N5O3/c26-19(15-11-14-5-1-2-6-16(14)28-20(15)27)22-8-7-21-17-12-18(24-13-23-17)25-9-3-4-10-25/h1-6,9-13H,7-8H2,(H,22,26)(H,21,23,24). The molecular formula is C20H17N5O3. The van der Waals surface area contributed by atoms with Crippen molar-refractivity contribution in [1.29, 1.82) is 0 Å². The predicted octanol–water partition coefficient (Wildman–Crippen LogP) is 2.22. The summed E-state index contributed by atoms with van der Waals surface area (Å²) >= 11 is 0. The van der Waals surface area contributed by atoms with E-state index < -0.39 is 11.5 Å². The van der Waals surface area contributed by atoms with Crippen LogP contribution >= 0.6 is 0 Å². The zero-order valence-electron chi connectivity index (χ0n) is 14.8. The van der Waals surface area contributed by atoms with Crippen molar-refractivity contribution < 1.29 is 9.21 Å². The third kappa shape index (κ3) is 3.75. The number of para-hydroxylation sites is 1. The van der Waals surface area contributed by atoms with Gasteiger partial charge >= 0.3 is 5.63 Å². The summed E-state index contributed by atoms with van der Waals surface area (Å²) in [5.41, 5.74) is -0.222. The van der Waals surface area contributed by atoms with Gasteiger partial charge in [0.2, 0.25) is 0 Å². The molecule has 2 N–H and O–H groups in total. The van der Waals surface area contributed by atoms with Gasteiger partial charge in [-0.15, -0.1) is 0 Å². The lowest BCUT2D eigenvalue weighted by Crippen LogP contribution is -2.32. The number of nitrogens with one attached hydrogen (secondary N) is 2. The Bertz CT molecular complexity index is 1170. The van der Waals surface area contributed by atoms with E-state index in [4.69, 9.17) is 4.42 Å². The maximum absolute atomic E-state index is 12.3. The number of anilines is 1. The maximum atomic E-state index is 12.3. The van der Waals surface area contributed by atoms with E-state index in [-0.39, 0.29) is 5.56 Å². The van der Waals surface area contributed by atoms with Crippen LogP contribution in [-0.2, 0) is 0 Å². The monoisotopic (exact) mass is 375 g/mol. The van der Waals surface area contributed by atoms with Crippen LogP contribution in [0.15, 0.2) is 76.5 Å². The van der Waals surface area contributed by atoms with Gasteiger partial charge < -0.3 is 19.6 Å². The fourth-order valence-corrected chi connectivity index (χ4v) is 2.75. The van der Waals surface area contributed by atoms with E-state index in [1.54, 1.807) is 24.3 Å². The lowest BCUT2D eigenvalue weighted by Gasteiger charge is -2.08. The van der Waals surface area contributed by atoms with Crippen LogP contribution in [0.5, 0.6) is 0 Å². The Balaban J connectivity index is 1.36. The molecule has 4 aromatic rings. The molecule has 1 aromatic carbocycles. The lowest BCUT2D eigenvalue weighted by molar-refractivity contribution is 0.0951. The van der Waals surface area contributed by atoms with Crippen molar-refractivity contribution in [1.82, 2.24) is 19.9 Å². The second kappa shape index (κ2) is 7.75. The summed E-state index contributed by atoms with van der Waals surface area (Å²) in [6.07, 6.45) is 5.25. The van der Waals surface area contributed by atoms with E-state index in [2.05, 4.69) is 20.6 Å². The largest absolute Gasteiger partial charge is 0.422 e. The normalized spacial score (nSPS) is 10.7. The molecule has 8 nitrogen and oxygen atoms in total. The van der Waals surface area contributed by atoms with E-state index in [0.29, 0.717) is 29.9 Å². The highest BCUT2D eigenvalue weighted by atomic mass is 16.4. The minimum Gasteiger partial charge on any atom is -0.422 e. The molecule has 3 aromatic heterocycles. The average molecular weight is 375 g/mol. The average Bonchev–Trinajstić information content (AvgIpc) is 3.26. The number of benzene rings is 1. The summed E-state index contributed by atoms with van der Waals surface area (Å²) in [7, 11) is 0. The highest BCUT2D eigenvalue weighted by molar-refractivity contribution is 5.96. The Morgan fingerprint density at radius 2 is 1.86 bits per heavy atom. The lowest BCUT2D eigenvalue weighted by atomic mass is 10.2. The van der Waals surface area contributed by atoms with Gasteiger partial charge in [0.15, 0.2) is 0 Å². The number of nitrogens with zero attached hydrogens (tertiary/aromatic N) is 3. The van der Waals surface area contributed by atoms with Crippen molar-refractivity contribution in [2.75, 3.05) is 18.4 Å². The van der Waals surface area contributed by atoms with E-state index in [0.717, 1.165) is 5.82 Å². The van der Waals surface area contributed by atoms with Crippen molar-refractivity contribution >= 4 is 22.7 Å². The van der Waals surface area contributed by atoms with Crippen LogP contribution < -0.4 is 16.3 Å².